The molecule has 158 valence electrons. The van der Waals surface area contributed by atoms with Gasteiger partial charge in [0, 0.05) is 24.6 Å². The minimum atomic E-state index is -4.68. The molecular formula is C18H15F4N5O3. The lowest BCUT2D eigenvalue weighted by Crippen LogP contribution is -2.43. The first-order chi connectivity index (χ1) is 14.2. The molecule has 1 atom stereocenters. The molecule has 0 aliphatic carbocycles. The van der Waals surface area contributed by atoms with Gasteiger partial charge in [0.1, 0.15) is 17.6 Å². The maximum absolute atomic E-state index is 13.4. The molecule has 1 aliphatic rings. The van der Waals surface area contributed by atoms with Crippen molar-refractivity contribution in [2.45, 2.75) is 12.2 Å². The van der Waals surface area contributed by atoms with Gasteiger partial charge in [-0.2, -0.15) is 23.3 Å². The van der Waals surface area contributed by atoms with Crippen LogP contribution in [0.5, 0.6) is 0 Å². The molecule has 8 nitrogen and oxygen atoms in total. The van der Waals surface area contributed by atoms with Gasteiger partial charge in [0.2, 0.25) is 11.7 Å². The summed E-state index contributed by atoms with van der Waals surface area (Å²) in [4.78, 5) is 16.9. The van der Waals surface area contributed by atoms with Gasteiger partial charge in [-0.3, -0.25) is 9.48 Å². The van der Waals surface area contributed by atoms with Crippen LogP contribution in [-0.2, 0) is 18.0 Å². The van der Waals surface area contributed by atoms with Gasteiger partial charge in [-0.05, 0) is 12.1 Å². The van der Waals surface area contributed by atoms with Crippen LogP contribution in [-0.4, -0.2) is 39.0 Å². The molecule has 3 aromatic rings. The van der Waals surface area contributed by atoms with Crippen molar-refractivity contribution in [2.75, 3.05) is 13.2 Å². The van der Waals surface area contributed by atoms with E-state index in [4.69, 9.17) is 9.26 Å². The average Bonchev–Trinajstić information content (AvgIpc) is 3.26. The highest BCUT2D eigenvalue weighted by atomic mass is 19.4. The van der Waals surface area contributed by atoms with E-state index in [0.29, 0.717) is 24.8 Å². The van der Waals surface area contributed by atoms with E-state index in [1.54, 1.807) is 6.07 Å². The van der Waals surface area contributed by atoms with Crippen molar-refractivity contribution in [2.24, 2.45) is 13.0 Å². The number of ether oxygens (including phenoxy) is 1. The summed E-state index contributed by atoms with van der Waals surface area (Å²) < 4.78 is 63.3. The van der Waals surface area contributed by atoms with E-state index in [1.165, 1.54) is 25.2 Å². The van der Waals surface area contributed by atoms with E-state index in [1.807, 2.05) is 0 Å². The van der Waals surface area contributed by atoms with Crippen molar-refractivity contribution in [3.05, 3.63) is 53.4 Å². The lowest BCUT2D eigenvalue weighted by molar-refractivity contribution is -0.141. The van der Waals surface area contributed by atoms with Crippen LogP contribution in [0.1, 0.15) is 28.1 Å². The Labute approximate surface area is 166 Å². The molecule has 1 fully saturated rings. The molecule has 1 aromatic carbocycles. The first-order valence-electron chi connectivity index (χ1n) is 8.82. The number of aromatic nitrogens is 4. The number of nitrogens with one attached hydrogen (secondary N) is 1. The van der Waals surface area contributed by atoms with Crippen molar-refractivity contribution >= 4 is 5.91 Å². The number of carbonyl (C=O) groups is 1. The number of benzene rings is 1. The third-order valence-corrected chi connectivity index (χ3v) is 4.62. The van der Waals surface area contributed by atoms with E-state index >= 15 is 0 Å². The van der Waals surface area contributed by atoms with E-state index in [0.717, 1.165) is 4.68 Å². The third kappa shape index (κ3) is 3.90. The summed E-state index contributed by atoms with van der Waals surface area (Å²) in [5.74, 6) is -1.33. The Hall–Kier alpha value is -3.28. The Morgan fingerprint density at radius 1 is 1.30 bits per heavy atom. The van der Waals surface area contributed by atoms with Crippen LogP contribution < -0.4 is 5.32 Å². The standard InChI is InChI=1S/C18H15F4N5O3/c1-27-12(6-13(25-27)18(20,21)22)16(28)23-14(10-7-29-8-10)17-24-15(26-30-17)9-3-2-4-11(19)5-9/h2-6,10,14H,7-8H2,1H3,(H,23,28). The van der Waals surface area contributed by atoms with Crippen LogP contribution in [0.2, 0.25) is 0 Å². The highest BCUT2D eigenvalue weighted by molar-refractivity contribution is 5.93. The monoisotopic (exact) mass is 425 g/mol. The number of aryl methyl sites for hydroxylation is 1. The molecule has 1 saturated heterocycles. The lowest BCUT2D eigenvalue weighted by Gasteiger charge is -2.31. The van der Waals surface area contributed by atoms with Gasteiger partial charge in [0.15, 0.2) is 5.69 Å². The summed E-state index contributed by atoms with van der Waals surface area (Å²) >= 11 is 0. The number of halogens is 4. The molecule has 1 amide bonds. The number of rotatable bonds is 5. The molecule has 1 unspecified atom stereocenters. The number of amides is 1. The molecule has 0 radical (unpaired) electrons. The Morgan fingerprint density at radius 2 is 2.07 bits per heavy atom. The van der Waals surface area contributed by atoms with Crippen LogP contribution in [0, 0.1) is 11.7 Å². The minimum absolute atomic E-state index is 0.0362. The molecule has 2 aromatic heterocycles. The second-order valence-electron chi connectivity index (χ2n) is 6.75. The Bertz CT molecular complexity index is 1070. The zero-order chi connectivity index (χ0) is 21.5. The fourth-order valence-electron chi connectivity index (χ4n) is 2.97. The topological polar surface area (TPSA) is 95.1 Å². The predicted octanol–water partition coefficient (Wildman–Crippen LogP) is 2.75. The summed E-state index contributed by atoms with van der Waals surface area (Å²) in [6.45, 7) is 0.587. The largest absolute Gasteiger partial charge is 0.435 e. The van der Waals surface area contributed by atoms with Gasteiger partial charge in [0.05, 0.1) is 13.2 Å². The van der Waals surface area contributed by atoms with E-state index in [9.17, 15) is 22.4 Å². The van der Waals surface area contributed by atoms with Gasteiger partial charge in [-0.25, -0.2) is 4.39 Å². The van der Waals surface area contributed by atoms with E-state index in [2.05, 4.69) is 20.6 Å². The molecule has 1 N–H and O–H groups in total. The first kappa shape index (κ1) is 20.0. The predicted molar refractivity (Wildman–Crippen MR) is 92.4 cm³/mol. The summed E-state index contributed by atoms with van der Waals surface area (Å²) in [5.41, 5.74) is -1.08. The van der Waals surface area contributed by atoms with Crippen molar-refractivity contribution in [1.82, 2.24) is 25.2 Å². The van der Waals surface area contributed by atoms with Gasteiger partial charge < -0.3 is 14.6 Å². The third-order valence-electron chi connectivity index (χ3n) is 4.62. The molecular weight excluding hydrogens is 410 g/mol. The fourth-order valence-corrected chi connectivity index (χ4v) is 2.97. The van der Waals surface area contributed by atoms with Crippen molar-refractivity contribution in [3.63, 3.8) is 0 Å². The first-order valence-corrected chi connectivity index (χ1v) is 8.82. The molecule has 0 bridgehead atoms. The molecule has 30 heavy (non-hydrogen) atoms. The van der Waals surface area contributed by atoms with Crippen LogP contribution >= 0.6 is 0 Å². The Morgan fingerprint density at radius 3 is 2.67 bits per heavy atom. The summed E-state index contributed by atoms with van der Waals surface area (Å²) in [6.07, 6.45) is -4.68. The lowest BCUT2D eigenvalue weighted by atomic mass is 9.97. The van der Waals surface area contributed by atoms with E-state index < -0.39 is 29.6 Å². The van der Waals surface area contributed by atoms with Crippen LogP contribution in [0.25, 0.3) is 11.4 Å². The number of hydrogen-bond acceptors (Lipinski definition) is 6. The zero-order valence-corrected chi connectivity index (χ0v) is 15.5. The van der Waals surface area contributed by atoms with Gasteiger partial charge in [-0.1, -0.05) is 17.3 Å². The smallest absolute Gasteiger partial charge is 0.380 e. The van der Waals surface area contributed by atoms with Gasteiger partial charge >= 0.3 is 6.18 Å². The number of carbonyl (C=O) groups excluding carboxylic acids is 1. The van der Waals surface area contributed by atoms with Crippen LogP contribution in [0.4, 0.5) is 17.6 Å². The maximum Gasteiger partial charge on any atom is 0.435 e. The number of nitrogens with zero attached hydrogens (tertiary/aromatic N) is 4. The van der Waals surface area contributed by atoms with Crippen LogP contribution in [0.15, 0.2) is 34.9 Å². The zero-order valence-electron chi connectivity index (χ0n) is 15.5. The van der Waals surface area contributed by atoms with Gasteiger partial charge in [-0.15, -0.1) is 0 Å². The molecule has 1 aliphatic heterocycles. The quantitative estimate of drug-likeness (QED) is 0.632. The molecule has 3 heterocycles. The fraction of sp³-hybridized carbons (Fsp3) is 0.333. The summed E-state index contributed by atoms with van der Waals surface area (Å²) in [6, 6.07) is 5.43. The normalized spacial score (nSPS) is 15.6. The Kier molecular flexibility index (Phi) is 5.02. The van der Waals surface area contributed by atoms with Gasteiger partial charge in [0.25, 0.3) is 5.91 Å². The van der Waals surface area contributed by atoms with Crippen molar-refractivity contribution in [3.8, 4) is 11.4 Å². The summed E-state index contributed by atoms with van der Waals surface area (Å²) in [5, 5.41) is 9.76. The Balaban J connectivity index is 1.59. The number of hydrogen-bond donors (Lipinski definition) is 1. The number of alkyl halides is 3. The maximum atomic E-state index is 13.4. The average molecular weight is 425 g/mol. The summed E-state index contributed by atoms with van der Waals surface area (Å²) in [7, 11) is 1.24. The second-order valence-corrected chi connectivity index (χ2v) is 6.75. The SMILES string of the molecule is Cn1nc(C(F)(F)F)cc1C(=O)NC(c1nc(-c2cccc(F)c2)no1)C1COC1. The van der Waals surface area contributed by atoms with E-state index in [-0.39, 0.29) is 23.3 Å². The highest BCUT2D eigenvalue weighted by Crippen LogP contribution is 2.31. The highest BCUT2D eigenvalue weighted by Gasteiger charge is 2.38. The molecule has 0 saturated carbocycles. The second kappa shape index (κ2) is 7.52. The molecule has 4 rings (SSSR count). The van der Waals surface area contributed by atoms with Crippen LogP contribution in [0.3, 0.4) is 0 Å². The molecule has 0 spiro atoms. The molecule has 12 heteroatoms. The van der Waals surface area contributed by atoms with Crippen molar-refractivity contribution in [1.29, 1.82) is 0 Å². The minimum Gasteiger partial charge on any atom is -0.380 e. The van der Waals surface area contributed by atoms with Crippen molar-refractivity contribution < 1.29 is 31.6 Å².